The van der Waals surface area contributed by atoms with E-state index in [1.54, 1.807) is 18.2 Å². The monoisotopic (exact) mass is 386 g/mol. The van der Waals surface area contributed by atoms with Crippen LogP contribution in [-0.2, 0) is 21.1 Å². The van der Waals surface area contributed by atoms with Gasteiger partial charge in [-0.2, -0.15) is 0 Å². The van der Waals surface area contributed by atoms with Gasteiger partial charge in [0.15, 0.2) is 5.71 Å². The van der Waals surface area contributed by atoms with Crippen molar-refractivity contribution in [2.75, 3.05) is 13.7 Å². The van der Waals surface area contributed by atoms with Gasteiger partial charge in [-0.05, 0) is 24.6 Å². The minimum Gasteiger partial charge on any atom is -0.492 e. The lowest BCUT2D eigenvalue weighted by Crippen LogP contribution is -2.18. The summed E-state index contributed by atoms with van der Waals surface area (Å²) in [5.74, 6) is -1.17. The highest BCUT2D eigenvalue weighted by molar-refractivity contribution is 6.42. The lowest BCUT2D eigenvalue weighted by molar-refractivity contribution is -0.129. The van der Waals surface area contributed by atoms with Crippen molar-refractivity contribution in [2.45, 2.75) is 20.0 Å². The Morgan fingerprint density at radius 3 is 2.89 bits per heavy atom. The summed E-state index contributed by atoms with van der Waals surface area (Å²) in [6.07, 6.45) is 0.519. The molecule has 2 aromatic rings. The van der Waals surface area contributed by atoms with Gasteiger partial charge >= 0.3 is 5.97 Å². The van der Waals surface area contributed by atoms with E-state index in [0.717, 1.165) is 5.56 Å². The van der Waals surface area contributed by atoms with Gasteiger partial charge in [0.25, 0.3) is 0 Å². The van der Waals surface area contributed by atoms with E-state index in [2.05, 4.69) is 15.1 Å². The number of carboxylic acid groups (broad SMARTS) is 1. The Balaban J connectivity index is 1.86. The van der Waals surface area contributed by atoms with Crippen molar-refractivity contribution in [1.82, 2.24) is 0 Å². The third-order valence-corrected chi connectivity index (χ3v) is 4.29. The van der Waals surface area contributed by atoms with E-state index in [4.69, 9.17) is 9.57 Å². The number of aliphatic carboxylic acids is 1. The summed E-state index contributed by atoms with van der Waals surface area (Å²) >= 11 is 0. The molecule has 1 aliphatic rings. The molecule has 1 heterocycles. The standard InChI is InChI=1S/C20H19FN2O5/c1-12-4-3-5-14(19(20(24)25)23-26-2)16(12)11-28-22-17-8-9-27-18-10-13(21)6-7-15(17)18/h3-7,10H,8-9,11H2,1-2H3,(H,24,25)/b22-17+,23-19+. The van der Waals surface area contributed by atoms with E-state index in [9.17, 15) is 14.3 Å². The zero-order valence-electron chi connectivity index (χ0n) is 15.4. The molecule has 1 aliphatic heterocycles. The van der Waals surface area contributed by atoms with Gasteiger partial charge in [-0.25, -0.2) is 9.18 Å². The van der Waals surface area contributed by atoms with Crippen LogP contribution < -0.4 is 4.74 Å². The molecule has 3 rings (SSSR count). The first-order valence-corrected chi connectivity index (χ1v) is 8.56. The maximum Gasteiger partial charge on any atom is 0.358 e. The van der Waals surface area contributed by atoms with Crippen LogP contribution in [0.15, 0.2) is 46.7 Å². The van der Waals surface area contributed by atoms with E-state index < -0.39 is 5.97 Å². The van der Waals surface area contributed by atoms with Crippen LogP contribution in [0.2, 0.25) is 0 Å². The molecular weight excluding hydrogens is 367 g/mol. The molecule has 0 atom stereocenters. The van der Waals surface area contributed by atoms with Gasteiger partial charge in [-0.3, -0.25) is 0 Å². The molecule has 0 aliphatic carbocycles. The van der Waals surface area contributed by atoms with Crippen LogP contribution in [0.5, 0.6) is 5.75 Å². The third kappa shape index (κ3) is 4.11. The van der Waals surface area contributed by atoms with Gasteiger partial charge in [-0.15, -0.1) is 0 Å². The Labute approximate surface area is 161 Å². The second-order valence-electron chi connectivity index (χ2n) is 6.08. The minimum atomic E-state index is -1.21. The lowest BCUT2D eigenvalue weighted by Gasteiger charge is -2.18. The second kappa shape index (κ2) is 8.51. The Hall–Kier alpha value is -3.42. The average Bonchev–Trinajstić information content (AvgIpc) is 2.67. The molecule has 0 radical (unpaired) electrons. The predicted octanol–water partition coefficient (Wildman–Crippen LogP) is 3.27. The van der Waals surface area contributed by atoms with Crippen LogP contribution in [0.3, 0.4) is 0 Å². The summed E-state index contributed by atoms with van der Waals surface area (Å²) in [6, 6.07) is 9.45. The van der Waals surface area contributed by atoms with Crippen LogP contribution in [0.25, 0.3) is 0 Å². The zero-order valence-corrected chi connectivity index (χ0v) is 15.4. The van der Waals surface area contributed by atoms with E-state index in [0.29, 0.717) is 41.2 Å². The number of hydrogen-bond donors (Lipinski definition) is 1. The number of carboxylic acids is 1. The first-order chi connectivity index (χ1) is 13.5. The summed E-state index contributed by atoms with van der Waals surface area (Å²) in [5, 5.41) is 17.2. The van der Waals surface area contributed by atoms with E-state index >= 15 is 0 Å². The van der Waals surface area contributed by atoms with Gasteiger partial charge in [0.2, 0.25) is 0 Å². The number of carbonyl (C=O) groups is 1. The fourth-order valence-corrected chi connectivity index (χ4v) is 2.93. The van der Waals surface area contributed by atoms with E-state index in [-0.39, 0.29) is 18.1 Å². The summed E-state index contributed by atoms with van der Waals surface area (Å²) in [7, 11) is 1.28. The van der Waals surface area contributed by atoms with Crippen molar-refractivity contribution in [3.8, 4) is 5.75 Å². The maximum absolute atomic E-state index is 13.4. The largest absolute Gasteiger partial charge is 0.492 e. The van der Waals surface area contributed by atoms with Crippen LogP contribution in [0.4, 0.5) is 4.39 Å². The number of benzene rings is 2. The molecule has 0 bridgehead atoms. The number of fused-ring (bicyclic) bond motifs is 1. The molecule has 146 valence electrons. The number of hydrogen-bond acceptors (Lipinski definition) is 6. The Morgan fingerprint density at radius 2 is 2.14 bits per heavy atom. The molecular formula is C20H19FN2O5. The van der Waals surface area contributed by atoms with Gasteiger partial charge in [0.1, 0.15) is 25.3 Å². The molecule has 8 heteroatoms. The van der Waals surface area contributed by atoms with Crippen molar-refractivity contribution in [2.24, 2.45) is 10.3 Å². The molecule has 0 amide bonds. The topological polar surface area (TPSA) is 89.7 Å². The summed E-state index contributed by atoms with van der Waals surface area (Å²) in [5.41, 5.74) is 2.95. The van der Waals surface area contributed by atoms with Gasteiger partial charge in [0.05, 0.1) is 12.3 Å². The number of nitrogens with zero attached hydrogens (tertiary/aromatic N) is 2. The van der Waals surface area contributed by atoms with E-state index in [1.807, 2.05) is 13.0 Å². The second-order valence-corrected chi connectivity index (χ2v) is 6.08. The highest BCUT2D eigenvalue weighted by Crippen LogP contribution is 2.26. The van der Waals surface area contributed by atoms with Gasteiger partial charge in [0, 0.05) is 29.2 Å². The first kappa shape index (κ1) is 19.3. The molecule has 2 aromatic carbocycles. The van der Waals surface area contributed by atoms with E-state index in [1.165, 1.54) is 19.2 Å². The first-order valence-electron chi connectivity index (χ1n) is 8.56. The maximum atomic E-state index is 13.4. The number of oxime groups is 2. The number of aryl methyl sites for hydroxylation is 1. The molecule has 0 spiro atoms. The quantitative estimate of drug-likeness (QED) is 0.608. The molecule has 1 N–H and O–H groups in total. The summed E-state index contributed by atoms with van der Waals surface area (Å²) < 4.78 is 18.8. The summed E-state index contributed by atoms with van der Waals surface area (Å²) in [6.45, 7) is 2.25. The fourth-order valence-electron chi connectivity index (χ4n) is 2.93. The van der Waals surface area contributed by atoms with Crippen molar-refractivity contribution in [1.29, 1.82) is 0 Å². The predicted molar refractivity (Wildman–Crippen MR) is 100 cm³/mol. The fraction of sp³-hybridized carbons (Fsp3) is 0.250. The Morgan fingerprint density at radius 1 is 1.32 bits per heavy atom. The van der Waals surface area contributed by atoms with Gasteiger partial charge < -0.3 is 19.5 Å². The molecule has 0 saturated heterocycles. The number of halogens is 1. The zero-order chi connectivity index (χ0) is 20.1. The average molecular weight is 386 g/mol. The van der Waals surface area contributed by atoms with Crippen LogP contribution in [0.1, 0.15) is 28.7 Å². The van der Waals surface area contributed by atoms with Crippen molar-refractivity contribution in [3.05, 3.63) is 64.5 Å². The molecule has 28 heavy (non-hydrogen) atoms. The third-order valence-electron chi connectivity index (χ3n) is 4.29. The Kier molecular flexibility index (Phi) is 5.88. The van der Waals surface area contributed by atoms with Crippen molar-refractivity contribution in [3.63, 3.8) is 0 Å². The van der Waals surface area contributed by atoms with Crippen molar-refractivity contribution >= 4 is 17.4 Å². The normalized spacial score (nSPS) is 15.0. The summed E-state index contributed by atoms with van der Waals surface area (Å²) in [4.78, 5) is 21.7. The van der Waals surface area contributed by atoms with Crippen LogP contribution >= 0.6 is 0 Å². The molecule has 0 unspecified atom stereocenters. The van der Waals surface area contributed by atoms with Crippen LogP contribution in [-0.4, -0.2) is 36.2 Å². The Bertz CT molecular complexity index is 956. The highest BCUT2D eigenvalue weighted by atomic mass is 19.1. The SMILES string of the molecule is CO/N=C(/C(=O)O)c1cccc(C)c1CO/N=C1\CCOc2cc(F)ccc21. The minimum absolute atomic E-state index is 0.0406. The lowest BCUT2D eigenvalue weighted by atomic mass is 9.99. The van der Waals surface area contributed by atoms with Gasteiger partial charge in [-0.1, -0.05) is 28.5 Å². The van der Waals surface area contributed by atoms with Crippen molar-refractivity contribution < 1.29 is 28.7 Å². The molecule has 0 fully saturated rings. The van der Waals surface area contributed by atoms with Crippen LogP contribution in [0, 0.1) is 12.7 Å². The smallest absolute Gasteiger partial charge is 0.358 e. The highest BCUT2D eigenvalue weighted by Gasteiger charge is 2.20. The molecule has 0 saturated carbocycles. The number of rotatable bonds is 6. The molecule has 0 aromatic heterocycles. The number of ether oxygens (including phenoxy) is 1. The molecule has 7 nitrogen and oxygen atoms in total.